The van der Waals surface area contributed by atoms with Crippen LogP contribution in [0, 0.1) is 6.92 Å². The van der Waals surface area contributed by atoms with Crippen molar-refractivity contribution in [3.8, 4) is 5.88 Å². The van der Waals surface area contributed by atoms with Gasteiger partial charge in [0.2, 0.25) is 5.88 Å². The van der Waals surface area contributed by atoms with Gasteiger partial charge in [-0.2, -0.15) is 0 Å². The third kappa shape index (κ3) is 2.80. The highest BCUT2D eigenvalue weighted by Gasteiger charge is 2.15. The molecule has 5 heteroatoms. The van der Waals surface area contributed by atoms with Gasteiger partial charge in [0, 0.05) is 17.4 Å². The molecule has 124 valence electrons. The average molecular weight is 331 g/mol. The summed E-state index contributed by atoms with van der Waals surface area (Å²) in [5.41, 5.74) is 4.87. The minimum absolute atomic E-state index is 0.0733. The number of aromatic hydroxyl groups is 1. The molecule has 2 aromatic carbocycles. The van der Waals surface area contributed by atoms with E-state index in [0.29, 0.717) is 12.2 Å². The molecular weight excluding hydrogens is 314 g/mol. The summed E-state index contributed by atoms with van der Waals surface area (Å²) in [7, 11) is 0. The van der Waals surface area contributed by atoms with Crippen LogP contribution in [0.3, 0.4) is 0 Å². The molecule has 1 aliphatic heterocycles. The summed E-state index contributed by atoms with van der Waals surface area (Å²) >= 11 is 0. The Labute approximate surface area is 144 Å². The van der Waals surface area contributed by atoms with Gasteiger partial charge in [-0.1, -0.05) is 48.0 Å². The predicted octanol–water partition coefficient (Wildman–Crippen LogP) is 3.50. The molecule has 0 saturated carbocycles. The van der Waals surface area contributed by atoms with E-state index in [4.69, 9.17) is 0 Å². The highest BCUT2D eigenvalue weighted by Crippen LogP contribution is 2.32. The van der Waals surface area contributed by atoms with E-state index in [0.717, 1.165) is 28.0 Å². The molecule has 2 heterocycles. The third-order valence-electron chi connectivity index (χ3n) is 4.30. The molecule has 25 heavy (non-hydrogen) atoms. The molecule has 0 spiro atoms. The van der Waals surface area contributed by atoms with Crippen molar-refractivity contribution >= 4 is 23.6 Å². The van der Waals surface area contributed by atoms with E-state index in [1.807, 2.05) is 55.5 Å². The van der Waals surface area contributed by atoms with Crippen LogP contribution in [0.25, 0.3) is 11.6 Å². The Balaban J connectivity index is 1.69. The first kappa shape index (κ1) is 15.2. The summed E-state index contributed by atoms with van der Waals surface area (Å²) in [5, 5.41) is 10.5. The number of nitrogens with one attached hydrogen (secondary N) is 1. The summed E-state index contributed by atoms with van der Waals surface area (Å²) in [4.78, 5) is 19.3. The van der Waals surface area contributed by atoms with Gasteiger partial charge >= 0.3 is 5.69 Å². The highest BCUT2D eigenvalue weighted by atomic mass is 16.3. The topological polar surface area (TPSA) is 70.4 Å². The Kier molecular flexibility index (Phi) is 3.61. The minimum atomic E-state index is -0.340. The fourth-order valence-electron chi connectivity index (χ4n) is 2.91. The van der Waals surface area contributed by atoms with E-state index < -0.39 is 0 Å². The highest BCUT2D eigenvalue weighted by molar-refractivity contribution is 6.21. The van der Waals surface area contributed by atoms with Gasteiger partial charge in [0.05, 0.1) is 12.2 Å². The number of allylic oxidation sites excluding steroid dienone is 1. The fourth-order valence-corrected chi connectivity index (χ4v) is 2.91. The second-order valence-electron chi connectivity index (χ2n) is 6.11. The standard InChI is InChI=1S/C20H17N3O2/c1-13-6-8-14(9-7-13)12-23-19(24)18(22-20(23)25)10-15-11-21-17-5-3-2-4-16(15)17/h2-11,24H,12H2,1H3,(H,22,25). The maximum Gasteiger partial charge on any atom is 0.329 e. The van der Waals surface area contributed by atoms with Crippen molar-refractivity contribution < 1.29 is 5.11 Å². The lowest BCUT2D eigenvalue weighted by molar-refractivity contribution is 0.420. The van der Waals surface area contributed by atoms with Gasteiger partial charge in [0.15, 0.2) is 0 Å². The zero-order valence-corrected chi connectivity index (χ0v) is 13.7. The largest absolute Gasteiger partial charge is 0.493 e. The van der Waals surface area contributed by atoms with Gasteiger partial charge in [0.25, 0.3) is 0 Å². The van der Waals surface area contributed by atoms with Gasteiger partial charge in [0.1, 0.15) is 5.69 Å². The van der Waals surface area contributed by atoms with Crippen molar-refractivity contribution in [1.82, 2.24) is 9.55 Å². The smallest absolute Gasteiger partial charge is 0.329 e. The zero-order valence-electron chi connectivity index (χ0n) is 13.7. The van der Waals surface area contributed by atoms with Crippen LogP contribution in [0.2, 0.25) is 0 Å². The van der Waals surface area contributed by atoms with Crippen molar-refractivity contribution in [2.24, 2.45) is 4.99 Å². The summed E-state index contributed by atoms with van der Waals surface area (Å²) in [5.74, 6) is -0.0733. The maximum absolute atomic E-state index is 12.2. The molecule has 0 atom stereocenters. The van der Waals surface area contributed by atoms with E-state index in [2.05, 4.69) is 9.98 Å². The number of aromatic amines is 1. The lowest BCUT2D eigenvalue weighted by Gasteiger charge is -2.04. The van der Waals surface area contributed by atoms with Crippen LogP contribution < -0.4 is 5.69 Å². The molecule has 0 fully saturated rings. The molecule has 5 nitrogen and oxygen atoms in total. The molecule has 4 rings (SSSR count). The van der Waals surface area contributed by atoms with E-state index in [1.54, 1.807) is 12.3 Å². The minimum Gasteiger partial charge on any atom is -0.493 e. The number of H-pyrrole nitrogens is 1. The van der Waals surface area contributed by atoms with Crippen LogP contribution in [0.15, 0.2) is 58.3 Å². The predicted molar refractivity (Wildman–Crippen MR) is 99.5 cm³/mol. The molecule has 0 unspecified atom stereocenters. The van der Waals surface area contributed by atoms with Crippen molar-refractivity contribution in [3.63, 3.8) is 0 Å². The van der Waals surface area contributed by atoms with Crippen LogP contribution in [0.5, 0.6) is 5.88 Å². The van der Waals surface area contributed by atoms with Crippen LogP contribution in [-0.2, 0) is 6.54 Å². The van der Waals surface area contributed by atoms with Crippen LogP contribution in [-0.4, -0.2) is 20.9 Å². The SMILES string of the molecule is Cc1ccc(Cn2c(O)c(C=C3C=Nc4ccccc43)[nH]c2=O)cc1. The summed E-state index contributed by atoms with van der Waals surface area (Å²) in [6.07, 6.45) is 3.48. The van der Waals surface area contributed by atoms with Crippen LogP contribution in [0.4, 0.5) is 5.69 Å². The second-order valence-corrected chi connectivity index (χ2v) is 6.11. The molecule has 0 radical (unpaired) electrons. The molecule has 3 aromatic rings. The number of para-hydroxylation sites is 1. The van der Waals surface area contributed by atoms with E-state index in [9.17, 15) is 9.90 Å². The van der Waals surface area contributed by atoms with E-state index in [-0.39, 0.29) is 11.6 Å². The normalized spacial score (nSPS) is 14.2. The van der Waals surface area contributed by atoms with Crippen molar-refractivity contribution in [1.29, 1.82) is 0 Å². The summed E-state index contributed by atoms with van der Waals surface area (Å²) in [6, 6.07) is 15.6. The number of aliphatic imine (C=N–C) groups is 1. The maximum atomic E-state index is 12.2. The first-order valence-corrected chi connectivity index (χ1v) is 8.04. The molecule has 1 aliphatic rings. The van der Waals surface area contributed by atoms with Crippen LogP contribution >= 0.6 is 0 Å². The number of nitrogens with zero attached hydrogens (tertiary/aromatic N) is 2. The lowest BCUT2D eigenvalue weighted by atomic mass is 10.1. The number of rotatable bonds is 3. The molecule has 0 saturated heterocycles. The summed E-state index contributed by atoms with van der Waals surface area (Å²) in [6.45, 7) is 2.32. The number of imidazole rings is 1. The van der Waals surface area contributed by atoms with Gasteiger partial charge in [-0.25, -0.2) is 4.79 Å². The number of aromatic nitrogens is 2. The average Bonchev–Trinajstić information content (AvgIpc) is 3.14. The number of benzene rings is 2. The Morgan fingerprint density at radius 3 is 2.72 bits per heavy atom. The monoisotopic (exact) mass is 331 g/mol. The second kappa shape index (κ2) is 5.94. The zero-order chi connectivity index (χ0) is 17.4. The van der Waals surface area contributed by atoms with E-state index >= 15 is 0 Å². The fraction of sp³-hybridized carbons (Fsp3) is 0.100. The molecular formula is C20H17N3O2. The number of hydrogen-bond donors (Lipinski definition) is 2. The van der Waals surface area contributed by atoms with Gasteiger partial charge < -0.3 is 10.1 Å². The third-order valence-corrected chi connectivity index (χ3v) is 4.30. The quantitative estimate of drug-likeness (QED) is 0.771. The van der Waals surface area contributed by atoms with Crippen molar-refractivity contribution in [3.05, 3.63) is 81.4 Å². The number of hydrogen-bond acceptors (Lipinski definition) is 3. The Bertz CT molecular complexity index is 1050. The molecule has 1 aromatic heterocycles. The lowest BCUT2D eigenvalue weighted by Crippen LogP contribution is -2.17. The van der Waals surface area contributed by atoms with Gasteiger partial charge in [-0.3, -0.25) is 9.56 Å². The number of aryl methyl sites for hydroxylation is 1. The molecule has 2 N–H and O–H groups in total. The van der Waals surface area contributed by atoms with Gasteiger partial charge in [-0.05, 0) is 24.6 Å². The molecule has 0 aliphatic carbocycles. The molecule has 0 amide bonds. The van der Waals surface area contributed by atoms with Crippen molar-refractivity contribution in [2.75, 3.05) is 0 Å². The first-order valence-electron chi connectivity index (χ1n) is 8.04. The first-order chi connectivity index (χ1) is 12.1. The van der Waals surface area contributed by atoms with E-state index in [1.165, 1.54) is 4.57 Å². The Hall–Kier alpha value is -3.34. The molecule has 0 bridgehead atoms. The Morgan fingerprint density at radius 1 is 1.16 bits per heavy atom. The summed E-state index contributed by atoms with van der Waals surface area (Å²) < 4.78 is 1.33. The van der Waals surface area contributed by atoms with Crippen molar-refractivity contribution in [2.45, 2.75) is 13.5 Å². The Morgan fingerprint density at radius 2 is 1.92 bits per heavy atom. The van der Waals surface area contributed by atoms with Gasteiger partial charge in [-0.15, -0.1) is 0 Å². The number of fused-ring (bicyclic) bond motifs is 1. The van der Waals surface area contributed by atoms with Crippen LogP contribution in [0.1, 0.15) is 22.4 Å².